The zero-order valence-corrected chi connectivity index (χ0v) is 12.4. The lowest BCUT2D eigenvalue weighted by molar-refractivity contribution is 0.0181. The van der Waals surface area contributed by atoms with Crippen LogP contribution in [0.3, 0.4) is 0 Å². The number of carbonyl (C=O) groups excluding carboxylic acids is 1. The van der Waals surface area contributed by atoms with Crippen LogP contribution in [0.1, 0.15) is 45.2 Å². The summed E-state index contributed by atoms with van der Waals surface area (Å²) in [7, 11) is 0. The van der Waals surface area contributed by atoms with Gasteiger partial charge in [-0.05, 0) is 57.2 Å². The topological polar surface area (TPSA) is 29.5 Å². The van der Waals surface area contributed by atoms with Crippen molar-refractivity contribution < 1.29 is 18.3 Å². The summed E-state index contributed by atoms with van der Waals surface area (Å²) in [6, 6.07) is 3.30. The van der Waals surface area contributed by atoms with Crippen LogP contribution in [0.15, 0.2) is 18.2 Å². The molecular formula is C16H19F2NO2. The van der Waals surface area contributed by atoms with Crippen molar-refractivity contribution in [3.8, 4) is 0 Å². The summed E-state index contributed by atoms with van der Waals surface area (Å²) >= 11 is 0. The fourth-order valence-electron chi connectivity index (χ4n) is 3.10. The first-order valence-corrected chi connectivity index (χ1v) is 7.22. The number of rotatable bonds is 1. The van der Waals surface area contributed by atoms with Gasteiger partial charge in [0.05, 0.1) is 6.04 Å². The van der Waals surface area contributed by atoms with E-state index in [2.05, 4.69) is 0 Å². The Bertz CT molecular complexity index is 562. The normalized spacial score (nSPS) is 27.5. The van der Waals surface area contributed by atoms with E-state index in [1.54, 1.807) is 4.90 Å². The van der Waals surface area contributed by atoms with Crippen molar-refractivity contribution in [3.63, 3.8) is 0 Å². The molecule has 21 heavy (non-hydrogen) atoms. The maximum absolute atomic E-state index is 13.4. The number of halogens is 2. The molecule has 1 aromatic rings. The molecule has 114 valence electrons. The van der Waals surface area contributed by atoms with Crippen LogP contribution in [-0.4, -0.2) is 22.6 Å². The first-order chi connectivity index (χ1) is 9.74. The fraction of sp³-hybridized carbons (Fsp3) is 0.562. The third kappa shape index (κ3) is 2.87. The van der Waals surface area contributed by atoms with Crippen LogP contribution in [0.4, 0.5) is 13.6 Å². The second kappa shape index (κ2) is 4.68. The third-order valence-corrected chi connectivity index (χ3v) is 3.98. The van der Waals surface area contributed by atoms with Crippen molar-refractivity contribution in [1.82, 2.24) is 4.90 Å². The molecule has 2 fully saturated rings. The highest BCUT2D eigenvalue weighted by atomic mass is 19.1. The number of benzene rings is 1. The molecule has 5 heteroatoms. The monoisotopic (exact) mass is 295 g/mol. The average molecular weight is 295 g/mol. The summed E-state index contributed by atoms with van der Waals surface area (Å²) in [6.07, 6.45) is 1.29. The van der Waals surface area contributed by atoms with Gasteiger partial charge in [-0.25, -0.2) is 13.6 Å². The molecule has 1 saturated carbocycles. The van der Waals surface area contributed by atoms with Gasteiger partial charge in [-0.2, -0.15) is 0 Å². The summed E-state index contributed by atoms with van der Waals surface area (Å²) in [5.74, 6) is -0.807. The molecule has 1 aliphatic carbocycles. The summed E-state index contributed by atoms with van der Waals surface area (Å²) in [5.41, 5.74) is -0.0764. The third-order valence-electron chi connectivity index (χ3n) is 3.98. The number of hydrogen-bond acceptors (Lipinski definition) is 2. The van der Waals surface area contributed by atoms with Crippen molar-refractivity contribution in [2.24, 2.45) is 5.92 Å². The Labute approximate surface area is 122 Å². The molecule has 0 radical (unpaired) electrons. The van der Waals surface area contributed by atoms with E-state index in [0.29, 0.717) is 11.5 Å². The Morgan fingerprint density at radius 3 is 2.38 bits per heavy atom. The Kier molecular flexibility index (Phi) is 3.19. The van der Waals surface area contributed by atoms with Crippen LogP contribution in [0.2, 0.25) is 0 Å². The van der Waals surface area contributed by atoms with E-state index in [0.717, 1.165) is 18.9 Å². The first kappa shape index (κ1) is 14.3. The van der Waals surface area contributed by atoms with Crippen LogP contribution in [-0.2, 0) is 4.74 Å². The number of carbonyl (C=O) groups is 1. The van der Waals surface area contributed by atoms with Crippen LogP contribution >= 0.6 is 0 Å². The largest absolute Gasteiger partial charge is 0.444 e. The summed E-state index contributed by atoms with van der Waals surface area (Å²) in [5, 5.41) is 0. The molecule has 1 heterocycles. The van der Waals surface area contributed by atoms with E-state index in [1.807, 2.05) is 20.8 Å². The van der Waals surface area contributed by atoms with Gasteiger partial charge in [0.1, 0.15) is 17.2 Å². The Morgan fingerprint density at radius 1 is 1.19 bits per heavy atom. The minimum Gasteiger partial charge on any atom is -0.444 e. The minimum atomic E-state index is -0.616. The van der Waals surface area contributed by atoms with Crippen molar-refractivity contribution in [1.29, 1.82) is 0 Å². The van der Waals surface area contributed by atoms with Gasteiger partial charge < -0.3 is 4.74 Å². The van der Waals surface area contributed by atoms with Gasteiger partial charge in [0.15, 0.2) is 0 Å². The molecule has 0 bridgehead atoms. The summed E-state index contributed by atoms with van der Waals surface area (Å²) in [6.45, 7) is 5.42. The Balaban J connectivity index is 1.86. The predicted octanol–water partition coefficient (Wildman–Crippen LogP) is 4.04. The van der Waals surface area contributed by atoms with Gasteiger partial charge in [-0.1, -0.05) is 0 Å². The predicted molar refractivity (Wildman–Crippen MR) is 73.7 cm³/mol. The molecule has 0 N–H and O–H groups in total. The molecule has 3 rings (SSSR count). The van der Waals surface area contributed by atoms with Gasteiger partial charge in [0.2, 0.25) is 0 Å². The van der Waals surface area contributed by atoms with Gasteiger partial charge in [0, 0.05) is 12.1 Å². The highest BCUT2D eigenvalue weighted by Crippen LogP contribution is 2.53. The highest BCUT2D eigenvalue weighted by molar-refractivity contribution is 5.70. The second-order valence-corrected chi connectivity index (χ2v) is 6.91. The standard InChI is InChI=1S/C16H19F2NO2/c1-16(2,3)21-15(20)19-13(6-10-7-14(10)19)9-4-11(17)8-12(18)5-9/h4-5,8,10,13-14H,6-7H2,1-3H3. The Morgan fingerprint density at radius 2 is 1.81 bits per heavy atom. The van der Waals surface area contributed by atoms with E-state index in [9.17, 15) is 13.6 Å². The van der Waals surface area contributed by atoms with Crippen molar-refractivity contribution >= 4 is 6.09 Å². The van der Waals surface area contributed by atoms with Crippen LogP contribution in [0.5, 0.6) is 0 Å². The number of fused-ring (bicyclic) bond motifs is 1. The lowest BCUT2D eigenvalue weighted by atomic mass is 10.0. The molecule has 3 nitrogen and oxygen atoms in total. The van der Waals surface area contributed by atoms with Gasteiger partial charge in [-0.15, -0.1) is 0 Å². The molecule has 1 aliphatic heterocycles. The molecule has 0 aromatic heterocycles. The maximum atomic E-state index is 13.4. The molecule has 0 spiro atoms. The number of amides is 1. The minimum absolute atomic E-state index is 0.149. The van der Waals surface area contributed by atoms with Crippen molar-refractivity contribution in [3.05, 3.63) is 35.4 Å². The molecule has 3 unspecified atom stereocenters. The average Bonchev–Trinajstić information content (AvgIpc) is 2.96. The van der Waals surface area contributed by atoms with Gasteiger partial charge in [0.25, 0.3) is 0 Å². The SMILES string of the molecule is CC(C)(C)OC(=O)N1C(c2cc(F)cc(F)c2)CC2CC21. The highest BCUT2D eigenvalue weighted by Gasteiger charge is 2.55. The zero-order chi connectivity index (χ0) is 15.4. The van der Waals surface area contributed by atoms with Crippen molar-refractivity contribution in [2.45, 2.75) is 51.3 Å². The number of piperidine rings is 1. The lowest BCUT2D eigenvalue weighted by Gasteiger charge is -2.30. The van der Waals surface area contributed by atoms with Gasteiger partial charge >= 0.3 is 6.09 Å². The summed E-state index contributed by atoms with van der Waals surface area (Å²) < 4.78 is 32.3. The number of likely N-dealkylation sites (tertiary alicyclic amines) is 1. The zero-order valence-electron chi connectivity index (χ0n) is 12.4. The van der Waals surface area contributed by atoms with E-state index >= 15 is 0 Å². The Hall–Kier alpha value is -1.65. The molecule has 1 aromatic carbocycles. The maximum Gasteiger partial charge on any atom is 0.411 e. The number of nitrogens with zero attached hydrogens (tertiary/aromatic N) is 1. The van der Waals surface area contributed by atoms with E-state index in [4.69, 9.17) is 4.74 Å². The fourth-order valence-corrected chi connectivity index (χ4v) is 3.10. The van der Waals surface area contributed by atoms with E-state index in [-0.39, 0.29) is 12.1 Å². The van der Waals surface area contributed by atoms with Crippen molar-refractivity contribution in [2.75, 3.05) is 0 Å². The van der Waals surface area contributed by atoms with Gasteiger partial charge in [-0.3, -0.25) is 4.90 Å². The number of ether oxygens (including phenoxy) is 1. The molecular weight excluding hydrogens is 276 g/mol. The van der Waals surface area contributed by atoms with E-state index < -0.39 is 23.3 Å². The lowest BCUT2D eigenvalue weighted by Crippen LogP contribution is -2.38. The molecule has 2 aliphatic rings. The quantitative estimate of drug-likeness (QED) is 0.782. The number of hydrogen-bond donors (Lipinski definition) is 0. The molecule has 3 atom stereocenters. The second-order valence-electron chi connectivity index (χ2n) is 6.91. The summed E-state index contributed by atoms with van der Waals surface area (Å²) in [4.78, 5) is 14.0. The molecule has 1 saturated heterocycles. The van der Waals surface area contributed by atoms with E-state index in [1.165, 1.54) is 12.1 Å². The van der Waals surface area contributed by atoms with Crippen LogP contribution in [0.25, 0.3) is 0 Å². The smallest absolute Gasteiger partial charge is 0.411 e. The first-order valence-electron chi connectivity index (χ1n) is 7.22. The van der Waals surface area contributed by atoms with Crippen LogP contribution < -0.4 is 0 Å². The van der Waals surface area contributed by atoms with Crippen LogP contribution in [0, 0.1) is 17.6 Å². The molecule has 1 amide bonds.